The number of benzene rings is 2. The van der Waals surface area contributed by atoms with E-state index in [1.807, 2.05) is 24.3 Å². The first-order valence-electron chi connectivity index (χ1n) is 8.89. The zero-order valence-corrected chi connectivity index (χ0v) is 16.0. The van der Waals surface area contributed by atoms with Crippen LogP contribution in [0.5, 0.6) is 11.5 Å². The van der Waals surface area contributed by atoms with E-state index in [1.54, 1.807) is 32.4 Å². The van der Waals surface area contributed by atoms with Crippen LogP contribution in [-0.2, 0) is 0 Å². The summed E-state index contributed by atoms with van der Waals surface area (Å²) in [5.41, 5.74) is 1.94. The average molecular weight is 368 g/mol. The second kappa shape index (κ2) is 8.12. The van der Waals surface area contributed by atoms with E-state index in [0.717, 1.165) is 5.52 Å². The summed E-state index contributed by atoms with van der Waals surface area (Å²) in [4.78, 5) is 17.4. The topological polar surface area (TPSA) is 73.6 Å². The van der Waals surface area contributed by atoms with Gasteiger partial charge in [0.25, 0.3) is 5.91 Å². The van der Waals surface area contributed by atoms with Gasteiger partial charge in [0.1, 0.15) is 23.1 Å². The van der Waals surface area contributed by atoms with Gasteiger partial charge in [-0.05, 0) is 36.6 Å². The molecule has 0 aliphatic heterocycles. The number of amides is 1. The zero-order chi connectivity index (χ0) is 19.4. The zero-order valence-electron chi connectivity index (χ0n) is 16.0. The monoisotopic (exact) mass is 368 g/mol. The number of rotatable bonds is 7. The first-order chi connectivity index (χ1) is 13.0. The van der Waals surface area contributed by atoms with Crippen molar-refractivity contribution >= 4 is 17.0 Å². The van der Waals surface area contributed by atoms with Crippen molar-refractivity contribution in [1.29, 1.82) is 0 Å². The fourth-order valence-corrected chi connectivity index (χ4v) is 2.91. The van der Waals surface area contributed by atoms with Crippen molar-refractivity contribution in [2.45, 2.75) is 26.3 Å². The summed E-state index contributed by atoms with van der Waals surface area (Å²) in [5, 5.41) is 3.04. The molecule has 1 atom stereocenters. The van der Waals surface area contributed by atoms with Crippen LogP contribution in [0, 0.1) is 5.92 Å². The van der Waals surface area contributed by atoms with Crippen molar-refractivity contribution in [1.82, 2.24) is 10.3 Å². The number of methoxy groups -OCH3 is 2. The Morgan fingerprint density at radius 1 is 1.11 bits per heavy atom. The summed E-state index contributed by atoms with van der Waals surface area (Å²) in [7, 11) is 3.10. The summed E-state index contributed by atoms with van der Waals surface area (Å²) in [6.07, 6.45) is 0.708. The summed E-state index contributed by atoms with van der Waals surface area (Å²) < 4.78 is 16.4. The number of aromatic nitrogens is 1. The fourth-order valence-electron chi connectivity index (χ4n) is 2.91. The Hall–Kier alpha value is -3.02. The normalized spacial score (nSPS) is 12.2. The van der Waals surface area contributed by atoms with Crippen LogP contribution in [0.25, 0.3) is 11.1 Å². The number of carbonyl (C=O) groups is 1. The summed E-state index contributed by atoms with van der Waals surface area (Å²) >= 11 is 0. The minimum absolute atomic E-state index is 0.236. The molecule has 0 saturated carbocycles. The lowest BCUT2D eigenvalue weighted by Gasteiger charge is -2.18. The molecule has 0 bridgehead atoms. The highest BCUT2D eigenvalue weighted by Crippen LogP contribution is 2.27. The Balaban J connectivity index is 1.89. The van der Waals surface area contributed by atoms with Crippen LogP contribution in [0.3, 0.4) is 0 Å². The first-order valence-corrected chi connectivity index (χ1v) is 8.89. The molecule has 0 fully saturated rings. The van der Waals surface area contributed by atoms with Gasteiger partial charge in [0.15, 0.2) is 5.58 Å². The van der Waals surface area contributed by atoms with Gasteiger partial charge in [0.2, 0.25) is 5.89 Å². The Morgan fingerprint density at radius 2 is 1.78 bits per heavy atom. The summed E-state index contributed by atoms with van der Waals surface area (Å²) in [6.45, 7) is 4.19. The Morgan fingerprint density at radius 3 is 2.37 bits per heavy atom. The van der Waals surface area contributed by atoms with E-state index in [4.69, 9.17) is 13.9 Å². The van der Waals surface area contributed by atoms with Crippen molar-refractivity contribution in [2.75, 3.05) is 14.2 Å². The second-order valence-electron chi connectivity index (χ2n) is 6.78. The lowest BCUT2D eigenvalue weighted by Crippen LogP contribution is -2.29. The minimum atomic E-state index is -0.331. The molecule has 0 radical (unpaired) electrons. The molecular formula is C21H24N2O4. The molecule has 1 N–H and O–H groups in total. The Kier molecular flexibility index (Phi) is 5.64. The van der Waals surface area contributed by atoms with Gasteiger partial charge < -0.3 is 19.2 Å². The van der Waals surface area contributed by atoms with Gasteiger partial charge in [0.05, 0.1) is 14.2 Å². The lowest BCUT2D eigenvalue weighted by molar-refractivity contribution is 0.0924. The number of nitrogens with zero attached hydrogens (tertiary/aromatic N) is 1. The molecule has 6 heteroatoms. The number of para-hydroxylation sites is 2. The van der Waals surface area contributed by atoms with Crippen LogP contribution < -0.4 is 14.8 Å². The van der Waals surface area contributed by atoms with Gasteiger partial charge in [-0.15, -0.1) is 0 Å². The summed E-state index contributed by atoms with van der Waals surface area (Å²) in [6, 6.07) is 12.3. The van der Waals surface area contributed by atoms with Crippen LogP contribution in [0.4, 0.5) is 0 Å². The molecule has 2 aromatic carbocycles. The van der Waals surface area contributed by atoms with Crippen LogP contribution in [0.2, 0.25) is 0 Å². The van der Waals surface area contributed by atoms with Gasteiger partial charge in [0, 0.05) is 11.6 Å². The summed E-state index contributed by atoms with van der Waals surface area (Å²) in [5.74, 6) is 1.74. The highest BCUT2D eigenvalue weighted by Gasteiger charge is 2.23. The van der Waals surface area contributed by atoms with Gasteiger partial charge in [-0.2, -0.15) is 0 Å². The lowest BCUT2D eigenvalue weighted by atomic mass is 10.0. The molecule has 3 aromatic rings. The van der Waals surface area contributed by atoms with Crippen molar-refractivity contribution in [3.8, 4) is 11.5 Å². The molecule has 0 saturated heterocycles. The molecule has 1 amide bonds. The van der Waals surface area contributed by atoms with E-state index in [1.165, 1.54) is 0 Å². The maximum absolute atomic E-state index is 12.9. The fraction of sp³-hybridized carbons (Fsp3) is 0.333. The molecule has 1 aromatic heterocycles. The van der Waals surface area contributed by atoms with E-state index in [-0.39, 0.29) is 11.9 Å². The molecule has 1 heterocycles. The van der Waals surface area contributed by atoms with Crippen LogP contribution in [0.1, 0.15) is 42.6 Å². The van der Waals surface area contributed by atoms with Gasteiger partial charge in [-0.3, -0.25) is 4.79 Å². The van der Waals surface area contributed by atoms with Crippen molar-refractivity contribution in [3.63, 3.8) is 0 Å². The van der Waals surface area contributed by atoms with Crippen molar-refractivity contribution in [3.05, 3.63) is 53.9 Å². The van der Waals surface area contributed by atoms with E-state index >= 15 is 0 Å². The van der Waals surface area contributed by atoms with Crippen molar-refractivity contribution < 1.29 is 18.7 Å². The number of hydrogen-bond acceptors (Lipinski definition) is 5. The number of oxazole rings is 1. The van der Waals surface area contributed by atoms with E-state index in [2.05, 4.69) is 24.1 Å². The molecule has 3 rings (SSSR count). The van der Waals surface area contributed by atoms with Gasteiger partial charge in [-0.1, -0.05) is 26.0 Å². The minimum Gasteiger partial charge on any atom is -0.497 e. The SMILES string of the molecule is COc1cc(OC)cc(C(=O)N[C@@H](CC(C)C)c2nc3ccccc3o2)c1. The van der Waals surface area contributed by atoms with Gasteiger partial charge >= 0.3 is 0 Å². The third kappa shape index (κ3) is 4.39. The smallest absolute Gasteiger partial charge is 0.252 e. The Labute approximate surface area is 158 Å². The number of nitrogens with one attached hydrogen (secondary N) is 1. The standard InChI is InChI=1S/C21H24N2O4/c1-13(2)9-18(21-23-17-7-5-6-8-19(17)27-21)22-20(24)14-10-15(25-3)12-16(11-14)26-4/h5-8,10-13,18H,9H2,1-4H3,(H,22,24)/t18-/m0/s1. The average Bonchev–Trinajstić information content (AvgIpc) is 3.10. The third-order valence-corrected chi connectivity index (χ3v) is 4.23. The number of ether oxygens (including phenoxy) is 2. The maximum atomic E-state index is 12.9. The van der Waals surface area contributed by atoms with E-state index in [9.17, 15) is 4.79 Å². The molecule has 0 aliphatic carbocycles. The molecular weight excluding hydrogens is 344 g/mol. The van der Waals surface area contributed by atoms with Crippen LogP contribution >= 0.6 is 0 Å². The largest absolute Gasteiger partial charge is 0.497 e. The number of fused-ring (bicyclic) bond motifs is 1. The Bertz CT molecular complexity index is 878. The predicted octanol–water partition coefficient (Wildman–Crippen LogP) is 4.36. The molecule has 0 aliphatic rings. The molecule has 0 unspecified atom stereocenters. The first kappa shape index (κ1) is 18.8. The van der Waals surface area contributed by atoms with Crippen molar-refractivity contribution in [2.24, 2.45) is 5.92 Å². The third-order valence-electron chi connectivity index (χ3n) is 4.23. The number of hydrogen-bond donors (Lipinski definition) is 1. The number of carbonyl (C=O) groups excluding carboxylic acids is 1. The predicted molar refractivity (Wildman–Crippen MR) is 103 cm³/mol. The quantitative estimate of drug-likeness (QED) is 0.671. The maximum Gasteiger partial charge on any atom is 0.252 e. The highest BCUT2D eigenvalue weighted by molar-refractivity contribution is 5.95. The molecule has 6 nitrogen and oxygen atoms in total. The van der Waals surface area contributed by atoms with E-state index < -0.39 is 0 Å². The van der Waals surface area contributed by atoms with E-state index in [0.29, 0.717) is 40.9 Å². The van der Waals surface area contributed by atoms with Crippen LogP contribution in [0.15, 0.2) is 46.9 Å². The van der Waals surface area contributed by atoms with Crippen LogP contribution in [-0.4, -0.2) is 25.1 Å². The molecule has 27 heavy (non-hydrogen) atoms. The second-order valence-corrected chi connectivity index (χ2v) is 6.78. The molecule has 142 valence electrons. The molecule has 0 spiro atoms. The van der Waals surface area contributed by atoms with Gasteiger partial charge in [-0.25, -0.2) is 4.98 Å². The highest BCUT2D eigenvalue weighted by atomic mass is 16.5.